The van der Waals surface area contributed by atoms with Gasteiger partial charge in [-0.3, -0.25) is 4.79 Å². The molecule has 0 bridgehead atoms. The molecule has 0 fully saturated rings. The van der Waals surface area contributed by atoms with Crippen LogP contribution in [0.5, 0.6) is 0 Å². The maximum atomic E-state index is 12.1. The highest BCUT2D eigenvalue weighted by Crippen LogP contribution is 2.46. The van der Waals surface area contributed by atoms with Gasteiger partial charge in [0, 0.05) is 8.95 Å². The van der Waals surface area contributed by atoms with E-state index in [-0.39, 0.29) is 5.97 Å². The van der Waals surface area contributed by atoms with Gasteiger partial charge in [0.2, 0.25) is 0 Å². The topological polar surface area (TPSA) is 26.3 Å². The van der Waals surface area contributed by atoms with Crippen molar-refractivity contribution in [2.75, 3.05) is 7.11 Å². The summed E-state index contributed by atoms with van der Waals surface area (Å²) in [6.07, 6.45) is 0. The smallest absolute Gasteiger partial charge is 0.322 e. The van der Waals surface area contributed by atoms with Crippen molar-refractivity contribution in [3.8, 4) is 11.1 Å². The van der Waals surface area contributed by atoms with Crippen molar-refractivity contribution in [3.63, 3.8) is 0 Å². The number of carbonyl (C=O) groups excluding carboxylic acids is 1. The number of esters is 1. The average Bonchev–Trinajstić information content (AvgIpc) is 2.70. The molecule has 1 aliphatic carbocycles. The number of halogens is 2. The first-order valence-corrected chi connectivity index (χ1v) is 7.26. The molecule has 0 spiro atoms. The van der Waals surface area contributed by atoms with Crippen molar-refractivity contribution in [1.82, 2.24) is 0 Å². The molecule has 4 heteroatoms. The van der Waals surface area contributed by atoms with E-state index in [9.17, 15) is 4.79 Å². The van der Waals surface area contributed by atoms with Crippen LogP contribution >= 0.6 is 31.9 Å². The second-order valence-corrected chi connectivity index (χ2v) is 6.08. The van der Waals surface area contributed by atoms with Gasteiger partial charge >= 0.3 is 5.97 Å². The fraction of sp³-hybridized carbons (Fsp3) is 0.0667. The number of methoxy groups -OCH3 is 1. The summed E-state index contributed by atoms with van der Waals surface area (Å²) in [6, 6.07) is 11.9. The van der Waals surface area contributed by atoms with Crippen molar-refractivity contribution in [2.45, 2.75) is 0 Å². The van der Waals surface area contributed by atoms with Crippen LogP contribution in [0.3, 0.4) is 0 Å². The second-order valence-electron chi connectivity index (χ2n) is 4.25. The van der Waals surface area contributed by atoms with Gasteiger partial charge in [0.05, 0.1) is 7.11 Å². The summed E-state index contributed by atoms with van der Waals surface area (Å²) < 4.78 is 6.81. The Kier molecular flexibility index (Phi) is 3.23. The van der Waals surface area contributed by atoms with Gasteiger partial charge in [-0.25, -0.2) is 0 Å². The van der Waals surface area contributed by atoms with Crippen molar-refractivity contribution >= 4 is 37.8 Å². The predicted molar refractivity (Wildman–Crippen MR) is 80.7 cm³/mol. The van der Waals surface area contributed by atoms with Gasteiger partial charge < -0.3 is 4.74 Å². The maximum absolute atomic E-state index is 12.1. The average molecular weight is 381 g/mol. The highest BCUT2D eigenvalue weighted by Gasteiger charge is 2.35. The zero-order valence-corrected chi connectivity index (χ0v) is 13.2. The number of hydrogen-bond donors (Lipinski definition) is 0. The Hall–Kier alpha value is -1.13. The third-order valence-corrected chi connectivity index (χ3v) is 4.17. The van der Waals surface area contributed by atoms with Crippen LogP contribution in [0, 0.1) is 5.92 Å². The fourth-order valence-electron chi connectivity index (χ4n) is 2.38. The zero-order valence-electron chi connectivity index (χ0n) is 10.0. The maximum Gasteiger partial charge on any atom is 0.322 e. The van der Waals surface area contributed by atoms with Crippen LogP contribution < -0.4 is 0 Å². The van der Waals surface area contributed by atoms with Gasteiger partial charge in [0.25, 0.3) is 0 Å². The molecule has 1 radical (unpaired) electrons. The Morgan fingerprint density at radius 3 is 1.79 bits per heavy atom. The molecular weight excluding hydrogens is 372 g/mol. The van der Waals surface area contributed by atoms with E-state index < -0.39 is 0 Å². The second kappa shape index (κ2) is 4.76. The minimum absolute atomic E-state index is 0.309. The van der Waals surface area contributed by atoms with Crippen LogP contribution in [0.4, 0.5) is 0 Å². The zero-order chi connectivity index (χ0) is 13.6. The molecule has 2 aromatic carbocycles. The minimum atomic E-state index is -0.309. The molecule has 3 rings (SSSR count). The molecule has 19 heavy (non-hydrogen) atoms. The molecule has 0 saturated carbocycles. The Morgan fingerprint density at radius 2 is 1.37 bits per heavy atom. The Bertz CT molecular complexity index is 628. The molecule has 0 atom stereocenters. The number of ether oxygens (including phenoxy) is 1. The van der Waals surface area contributed by atoms with Crippen molar-refractivity contribution < 1.29 is 9.53 Å². The van der Waals surface area contributed by atoms with Gasteiger partial charge in [0.1, 0.15) is 5.92 Å². The van der Waals surface area contributed by atoms with Gasteiger partial charge in [0.15, 0.2) is 0 Å². The lowest BCUT2D eigenvalue weighted by atomic mass is 9.97. The number of carbonyl (C=O) groups is 1. The summed E-state index contributed by atoms with van der Waals surface area (Å²) in [5.41, 5.74) is 3.95. The third-order valence-electron chi connectivity index (χ3n) is 3.18. The van der Waals surface area contributed by atoms with Crippen molar-refractivity contribution in [1.29, 1.82) is 0 Å². The predicted octanol–water partition coefficient (Wildman–Crippen LogP) is 4.34. The number of hydrogen-bond acceptors (Lipinski definition) is 2. The lowest BCUT2D eigenvalue weighted by Gasteiger charge is -2.10. The van der Waals surface area contributed by atoms with E-state index in [4.69, 9.17) is 4.74 Å². The molecule has 2 aromatic rings. The van der Waals surface area contributed by atoms with E-state index in [0.717, 1.165) is 31.2 Å². The molecule has 0 aliphatic heterocycles. The standard InChI is InChI=1S/C15H9Br2O2/c1-19-15(18)14-12-6-8(16)2-4-10(12)11-5-3-9(17)7-13(11)14/h2-7H,1H3. The van der Waals surface area contributed by atoms with E-state index in [1.807, 2.05) is 36.4 Å². The van der Waals surface area contributed by atoms with E-state index in [0.29, 0.717) is 5.92 Å². The highest BCUT2D eigenvalue weighted by molar-refractivity contribution is 9.10. The first-order valence-electron chi connectivity index (χ1n) is 5.67. The van der Waals surface area contributed by atoms with E-state index >= 15 is 0 Å². The lowest BCUT2D eigenvalue weighted by molar-refractivity contribution is -0.137. The van der Waals surface area contributed by atoms with Crippen molar-refractivity contribution in [3.05, 3.63) is 62.4 Å². The van der Waals surface area contributed by atoms with Crippen molar-refractivity contribution in [2.24, 2.45) is 0 Å². The highest BCUT2D eigenvalue weighted by atomic mass is 79.9. The Morgan fingerprint density at radius 1 is 0.895 bits per heavy atom. The molecule has 0 saturated heterocycles. The summed E-state index contributed by atoms with van der Waals surface area (Å²) in [4.78, 5) is 12.1. The molecular formula is C15H9Br2O2. The van der Waals surface area contributed by atoms with Gasteiger partial charge in [-0.15, -0.1) is 0 Å². The van der Waals surface area contributed by atoms with E-state index in [1.165, 1.54) is 7.11 Å². The first-order chi connectivity index (χ1) is 9.11. The number of rotatable bonds is 1. The molecule has 0 unspecified atom stereocenters. The molecule has 1 aliphatic rings. The van der Waals surface area contributed by atoms with Crippen LogP contribution in [-0.4, -0.2) is 13.1 Å². The summed E-state index contributed by atoms with van der Waals surface area (Å²) in [5.74, 6) is 0.311. The number of fused-ring (bicyclic) bond motifs is 3. The van der Waals surface area contributed by atoms with Crippen LogP contribution in [0.2, 0.25) is 0 Å². The van der Waals surface area contributed by atoms with Crippen LogP contribution in [0.25, 0.3) is 11.1 Å². The molecule has 0 heterocycles. The van der Waals surface area contributed by atoms with Crippen LogP contribution in [-0.2, 0) is 9.53 Å². The SMILES string of the molecule is COC(=O)[C]1c2cc(Br)ccc2-c2ccc(Br)cc21. The molecule has 0 N–H and O–H groups in total. The van der Waals surface area contributed by atoms with Crippen LogP contribution in [0.1, 0.15) is 11.1 Å². The van der Waals surface area contributed by atoms with Gasteiger partial charge in [-0.1, -0.05) is 44.0 Å². The molecule has 2 nitrogen and oxygen atoms in total. The molecule has 0 amide bonds. The number of benzene rings is 2. The fourth-order valence-corrected chi connectivity index (χ4v) is 3.11. The third kappa shape index (κ3) is 2.03. The monoisotopic (exact) mass is 379 g/mol. The molecule has 95 valence electrons. The van der Waals surface area contributed by atoms with Crippen LogP contribution in [0.15, 0.2) is 45.3 Å². The Labute approximate surface area is 128 Å². The molecule has 0 aromatic heterocycles. The van der Waals surface area contributed by atoms with E-state index in [2.05, 4.69) is 31.9 Å². The Balaban J connectivity index is 2.29. The quantitative estimate of drug-likeness (QED) is 0.688. The summed E-state index contributed by atoms with van der Waals surface area (Å²) >= 11 is 6.90. The first kappa shape index (κ1) is 12.9. The van der Waals surface area contributed by atoms with Gasteiger partial charge in [-0.05, 0) is 46.5 Å². The minimum Gasteiger partial charge on any atom is -0.468 e. The normalized spacial score (nSPS) is 13.0. The largest absolute Gasteiger partial charge is 0.468 e. The van der Waals surface area contributed by atoms with E-state index in [1.54, 1.807) is 0 Å². The summed E-state index contributed by atoms with van der Waals surface area (Å²) in [5, 5.41) is 0. The van der Waals surface area contributed by atoms with Gasteiger partial charge in [-0.2, -0.15) is 0 Å². The summed E-state index contributed by atoms with van der Waals surface area (Å²) in [6.45, 7) is 0. The lowest BCUT2D eigenvalue weighted by Crippen LogP contribution is -2.14. The summed E-state index contributed by atoms with van der Waals surface area (Å²) in [7, 11) is 1.41.